The first-order valence-corrected chi connectivity index (χ1v) is 10.4. The van der Waals surface area contributed by atoms with Gasteiger partial charge >= 0.3 is 0 Å². The van der Waals surface area contributed by atoms with Crippen LogP contribution >= 0.6 is 0 Å². The summed E-state index contributed by atoms with van der Waals surface area (Å²) in [5.74, 6) is -0.366. The maximum atomic E-state index is 13.6. The van der Waals surface area contributed by atoms with Crippen LogP contribution in [0.25, 0.3) is 22.0 Å². The van der Waals surface area contributed by atoms with Crippen LogP contribution in [0.1, 0.15) is 34.6 Å². The van der Waals surface area contributed by atoms with Crippen LogP contribution in [-0.2, 0) is 0 Å². The van der Waals surface area contributed by atoms with E-state index in [9.17, 15) is 9.59 Å². The van der Waals surface area contributed by atoms with Gasteiger partial charge in [0.05, 0.1) is 17.6 Å². The van der Waals surface area contributed by atoms with E-state index in [-0.39, 0.29) is 16.9 Å². The molecular formula is C24H21N7O2. The number of aryl methyl sites for hydroxylation is 1. The summed E-state index contributed by atoms with van der Waals surface area (Å²) >= 11 is 0. The summed E-state index contributed by atoms with van der Waals surface area (Å²) in [6.07, 6.45) is 1.47. The quantitative estimate of drug-likeness (QED) is 0.444. The molecule has 3 N–H and O–H groups in total. The molecule has 1 atom stereocenters. The lowest BCUT2D eigenvalue weighted by atomic mass is 10.0. The lowest BCUT2D eigenvalue weighted by Crippen LogP contribution is -2.32. The minimum Gasteiger partial charge on any atom is -0.381 e. The summed E-state index contributed by atoms with van der Waals surface area (Å²) in [5.41, 5.74) is 8.76. The van der Waals surface area contributed by atoms with Crippen LogP contribution in [0.2, 0.25) is 0 Å². The molecule has 0 saturated carbocycles. The van der Waals surface area contributed by atoms with E-state index in [1.165, 1.54) is 10.8 Å². The Kier molecular flexibility index (Phi) is 4.86. The molecule has 0 aliphatic heterocycles. The van der Waals surface area contributed by atoms with Crippen molar-refractivity contribution >= 4 is 28.0 Å². The van der Waals surface area contributed by atoms with Gasteiger partial charge in [0.1, 0.15) is 11.1 Å². The zero-order chi connectivity index (χ0) is 23.1. The lowest BCUT2D eigenvalue weighted by molar-refractivity contribution is 0.0941. The zero-order valence-corrected chi connectivity index (χ0v) is 18.1. The van der Waals surface area contributed by atoms with Crippen LogP contribution < -0.4 is 16.6 Å². The highest BCUT2D eigenvalue weighted by Crippen LogP contribution is 2.24. The Morgan fingerprint density at radius 2 is 1.88 bits per heavy atom. The fourth-order valence-electron chi connectivity index (χ4n) is 4.13. The van der Waals surface area contributed by atoms with Crippen molar-refractivity contribution in [1.82, 2.24) is 29.9 Å². The predicted octanol–water partition coefficient (Wildman–Crippen LogP) is 2.81. The van der Waals surface area contributed by atoms with E-state index in [0.29, 0.717) is 16.6 Å². The number of nitrogen functional groups attached to an aromatic ring is 1. The maximum absolute atomic E-state index is 13.6. The summed E-state index contributed by atoms with van der Waals surface area (Å²) in [7, 11) is 0. The van der Waals surface area contributed by atoms with Crippen molar-refractivity contribution in [2.45, 2.75) is 19.9 Å². The third-order valence-corrected chi connectivity index (χ3v) is 5.68. The van der Waals surface area contributed by atoms with Gasteiger partial charge in [-0.25, -0.2) is 0 Å². The molecule has 0 bridgehead atoms. The Morgan fingerprint density at radius 3 is 2.67 bits per heavy atom. The van der Waals surface area contributed by atoms with Crippen molar-refractivity contribution in [3.05, 3.63) is 94.0 Å². The summed E-state index contributed by atoms with van der Waals surface area (Å²) in [4.78, 5) is 26.8. The Labute approximate surface area is 188 Å². The number of pyridine rings is 1. The van der Waals surface area contributed by atoms with Gasteiger partial charge in [-0.1, -0.05) is 36.4 Å². The molecule has 33 heavy (non-hydrogen) atoms. The molecule has 5 rings (SSSR count). The number of carbonyl (C=O) groups is 1. The van der Waals surface area contributed by atoms with Crippen LogP contribution in [-0.4, -0.2) is 30.5 Å². The van der Waals surface area contributed by atoms with Gasteiger partial charge in [0.2, 0.25) is 0 Å². The van der Waals surface area contributed by atoms with Crippen molar-refractivity contribution in [1.29, 1.82) is 0 Å². The van der Waals surface area contributed by atoms with Gasteiger partial charge in [0.15, 0.2) is 5.82 Å². The average molecular weight is 439 g/mol. The predicted molar refractivity (Wildman–Crippen MR) is 125 cm³/mol. The number of aromatic nitrogens is 5. The number of nitrogens with zero attached hydrogens (tertiary/aromatic N) is 5. The van der Waals surface area contributed by atoms with Crippen molar-refractivity contribution in [3.8, 4) is 5.69 Å². The molecule has 1 amide bonds. The summed E-state index contributed by atoms with van der Waals surface area (Å²) in [5, 5.41) is 16.1. The van der Waals surface area contributed by atoms with Crippen LogP contribution in [0.5, 0.6) is 0 Å². The molecule has 9 nitrogen and oxygen atoms in total. The second-order valence-electron chi connectivity index (χ2n) is 7.84. The molecule has 0 aliphatic carbocycles. The third kappa shape index (κ3) is 3.39. The van der Waals surface area contributed by atoms with Crippen molar-refractivity contribution in [2.75, 3.05) is 5.73 Å². The van der Waals surface area contributed by atoms with Gasteiger partial charge in [0, 0.05) is 11.4 Å². The number of carbonyl (C=O) groups excluding carboxylic acids is 1. The lowest BCUT2D eigenvalue weighted by Gasteiger charge is -2.21. The number of hydrogen-bond acceptors (Lipinski definition) is 6. The monoisotopic (exact) mass is 439 g/mol. The van der Waals surface area contributed by atoms with Gasteiger partial charge < -0.3 is 11.1 Å². The minimum absolute atomic E-state index is 0.0507. The molecule has 0 saturated heterocycles. The number of benzene rings is 2. The van der Waals surface area contributed by atoms with Gasteiger partial charge in [-0.15, -0.1) is 14.8 Å². The van der Waals surface area contributed by atoms with E-state index in [4.69, 9.17) is 5.73 Å². The molecular weight excluding hydrogens is 418 g/mol. The standard InChI is InChI=1S/C24H21N7O2/c1-14-7-6-8-16-13-19(30(24(33)20(14)16)17-9-4-3-5-10-17)15(2)27-23(32)21-18-11-12-26-29-31(18)28-22(21)25/h3-13,15H,1-2H3,(H2,25,28)(H,27,32)/t15-/m0/s1. The Morgan fingerprint density at radius 1 is 1.09 bits per heavy atom. The Balaban J connectivity index is 1.64. The van der Waals surface area contributed by atoms with Crippen molar-refractivity contribution < 1.29 is 4.79 Å². The fraction of sp³-hybridized carbons (Fsp3) is 0.125. The highest BCUT2D eigenvalue weighted by atomic mass is 16.2. The molecule has 2 aromatic carbocycles. The molecule has 3 heterocycles. The van der Waals surface area contributed by atoms with Gasteiger partial charge in [-0.05, 0) is 54.3 Å². The normalized spacial score (nSPS) is 12.2. The average Bonchev–Trinajstić information content (AvgIpc) is 3.15. The largest absolute Gasteiger partial charge is 0.381 e. The zero-order valence-electron chi connectivity index (χ0n) is 18.1. The van der Waals surface area contributed by atoms with Gasteiger partial charge in [-0.3, -0.25) is 14.2 Å². The van der Waals surface area contributed by atoms with Crippen LogP contribution in [0.3, 0.4) is 0 Å². The number of nitrogens with one attached hydrogen (secondary N) is 1. The highest BCUT2D eigenvalue weighted by Gasteiger charge is 2.23. The molecule has 0 unspecified atom stereocenters. The number of anilines is 1. The summed E-state index contributed by atoms with van der Waals surface area (Å²) < 4.78 is 2.86. The molecule has 0 aliphatic rings. The van der Waals surface area contributed by atoms with E-state index in [0.717, 1.165) is 16.6 Å². The topological polar surface area (TPSA) is 120 Å². The fourth-order valence-corrected chi connectivity index (χ4v) is 4.13. The van der Waals surface area contributed by atoms with E-state index < -0.39 is 11.9 Å². The number of nitrogens with two attached hydrogens (primary N) is 1. The van der Waals surface area contributed by atoms with Crippen LogP contribution in [0.15, 0.2) is 71.7 Å². The minimum atomic E-state index is -0.514. The molecule has 164 valence electrons. The van der Waals surface area contributed by atoms with Gasteiger partial charge in [-0.2, -0.15) is 0 Å². The SMILES string of the molecule is Cc1cccc2cc([C@H](C)NC(=O)c3c(N)nn4nnccc34)n(-c3ccccc3)c(=O)c12. The molecule has 0 fully saturated rings. The number of fused-ring (bicyclic) bond motifs is 2. The summed E-state index contributed by atoms with van der Waals surface area (Å²) in [6, 6.07) is 18.1. The molecule has 5 aromatic rings. The number of hydrogen-bond donors (Lipinski definition) is 2. The summed E-state index contributed by atoms with van der Waals surface area (Å²) in [6.45, 7) is 3.75. The smallest absolute Gasteiger partial charge is 0.263 e. The number of para-hydroxylation sites is 1. The molecule has 0 radical (unpaired) electrons. The van der Waals surface area contributed by atoms with E-state index in [2.05, 4.69) is 20.7 Å². The first-order chi connectivity index (χ1) is 16.0. The Bertz CT molecular complexity index is 1570. The number of rotatable bonds is 4. The second-order valence-corrected chi connectivity index (χ2v) is 7.84. The van der Waals surface area contributed by atoms with Crippen molar-refractivity contribution in [2.24, 2.45) is 0 Å². The molecule has 3 aromatic heterocycles. The first-order valence-electron chi connectivity index (χ1n) is 10.4. The number of amides is 1. The molecule has 0 spiro atoms. The molecule has 9 heteroatoms. The van der Waals surface area contributed by atoms with Gasteiger partial charge in [0.25, 0.3) is 11.5 Å². The Hall–Kier alpha value is -4.53. The van der Waals surface area contributed by atoms with E-state index >= 15 is 0 Å². The third-order valence-electron chi connectivity index (χ3n) is 5.68. The van der Waals surface area contributed by atoms with E-state index in [1.807, 2.05) is 68.4 Å². The highest BCUT2D eigenvalue weighted by molar-refractivity contribution is 6.05. The van der Waals surface area contributed by atoms with Crippen molar-refractivity contribution in [3.63, 3.8) is 0 Å². The second kappa shape index (κ2) is 7.86. The van der Waals surface area contributed by atoms with Crippen LogP contribution in [0.4, 0.5) is 5.82 Å². The van der Waals surface area contributed by atoms with Crippen LogP contribution in [0, 0.1) is 6.92 Å². The first kappa shape index (κ1) is 20.4. The maximum Gasteiger partial charge on any atom is 0.263 e. The van der Waals surface area contributed by atoms with E-state index in [1.54, 1.807) is 10.6 Å².